The average Bonchev–Trinajstić information content (AvgIpc) is 2.58. The molecule has 1 amide bonds. The second-order valence-corrected chi connectivity index (χ2v) is 6.66. The van der Waals surface area contributed by atoms with E-state index in [1.807, 2.05) is 6.92 Å². The van der Waals surface area contributed by atoms with Gasteiger partial charge >= 0.3 is 0 Å². The summed E-state index contributed by atoms with van der Waals surface area (Å²) in [5.74, 6) is 0.261. The lowest BCUT2D eigenvalue weighted by Crippen LogP contribution is -2.34. The molecule has 2 rings (SSSR count). The zero-order valence-corrected chi connectivity index (χ0v) is 16.3. The van der Waals surface area contributed by atoms with Crippen LogP contribution in [0.2, 0.25) is 15.1 Å². The van der Waals surface area contributed by atoms with E-state index in [0.717, 1.165) is 6.42 Å². The molecule has 8 heteroatoms. The van der Waals surface area contributed by atoms with Crippen molar-refractivity contribution in [2.24, 2.45) is 0 Å². The van der Waals surface area contributed by atoms with E-state index >= 15 is 0 Å². The van der Waals surface area contributed by atoms with Gasteiger partial charge in [-0.1, -0.05) is 47.8 Å². The number of thiocarbonyl (C=S) groups is 1. The number of amides is 1. The van der Waals surface area contributed by atoms with Crippen molar-refractivity contribution in [1.29, 1.82) is 0 Å². The lowest BCUT2D eigenvalue weighted by atomic mass is 10.2. The number of halogens is 3. The minimum absolute atomic E-state index is 0.0881. The van der Waals surface area contributed by atoms with Gasteiger partial charge < -0.3 is 10.1 Å². The summed E-state index contributed by atoms with van der Waals surface area (Å²) in [6.07, 6.45) is 0.884. The smallest absolute Gasteiger partial charge is 0.257 e. The van der Waals surface area contributed by atoms with Gasteiger partial charge in [0.05, 0.1) is 27.4 Å². The molecular formula is C17H15Cl3N2O2S. The molecule has 0 saturated carbocycles. The van der Waals surface area contributed by atoms with E-state index in [4.69, 9.17) is 51.8 Å². The first-order valence-corrected chi connectivity index (χ1v) is 8.94. The van der Waals surface area contributed by atoms with Gasteiger partial charge in [0.25, 0.3) is 5.91 Å². The van der Waals surface area contributed by atoms with Gasteiger partial charge in [0.15, 0.2) is 5.11 Å². The lowest BCUT2D eigenvalue weighted by Gasteiger charge is -2.12. The maximum absolute atomic E-state index is 12.3. The van der Waals surface area contributed by atoms with Crippen molar-refractivity contribution >= 4 is 63.7 Å². The summed E-state index contributed by atoms with van der Waals surface area (Å²) in [6, 6.07) is 9.88. The number of carbonyl (C=O) groups is 1. The van der Waals surface area contributed by atoms with Gasteiger partial charge in [0, 0.05) is 5.56 Å². The molecule has 0 unspecified atom stereocenters. The van der Waals surface area contributed by atoms with Crippen LogP contribution in [0.4, 0.5) is 5.69 Å². The summed E-state index contributed by atoms with van der Waals surface area (Å²) in [6.45, 7) is 2.59. The van der Waals surface area contributed by atoms with Crippen LogP contribution in [-0.4, -0.2) is 17.6 Å². The molecule has 0 bridgehead atoms. The molecule has 0 heterocycles. The Balaban J connectivity index is 2.03. The van der Waals surface area contributed by atoms with Gasteiger partial charge in [-0.25, -0.2) is 0 Å². The Bertz CT molecular complexity index is 799. The van der Waals surface area contributed by atoms with Crippen molar-refractivity contribution < 1.29 is 9.53 Å². The second kappa shape index (κ2) is 9.25. The molecule has 0 spiro atoms. The van der Waals surface area contributed by atoms with Gasteiger partial charge in [-0.2, -0.15) is 0 Å². The predicted octanol–water partition coefficient (Wildman–Crippen LogP) is 5.56. The molecule has 2 N–H and O–H groups in total. The Morgan fingerprint density at radius 1 is 1.12 bits per heavy atom. The van der Waals surface area contributed by atoms with Crippen LogP contribution in [0.25, 0.3) is 0 Å². The van der Waals surface area contributed by atoms with Crippen LogP contribution in [0.1, 0.15) is 23.7 Å². The van der Waals surface area contributed by atoms with E-state index in [1.165, 1.54) is 12.1 Å². The fraction of sp³-hybridized carbons (Fsp3) is 0.176. The quantitative estimate of drug-likeness (QED) is 0.494. The summed E-state index contributed by atoms with van der Waals surface area (Å²) >= 11 is 23.0. The molecule has 0 radical (unpaired) electrons. The van der Waals surface area contributed by atoms with Crippen molar-refractivity contribution in [3.63, 3.8) is 0 Å². The first-order valence-electron chi connectivity index (χ1n) is 7.40. The Morgan fingerprint density at radius 3 is 2.56 bits per heavy atom. The molecule has 0 saturated heterocycles. The van der Waals surface area contributed by atoms with E-state index in [9.17, 15) is 4.79 Å². The highest BCUT2D eigenvalue weighted by atomic mass is 35.5. The van der Waals surface area contributed by atoms with Crippen LogP contribution < -0.4 is 15.4 Å². The average molecular weight is 418 g/mol. The van der Waals surface area contributed by atoms with Crippen LogP contribution in [0, 0.1) is 0 Å². The summed E-state index contributed by atoms with van der Waals surface area (Å²) in [5, 5.41) is 6.48. The Morgan fingerprint density at radius 2 is 1.84 bits per heavy atom. The summed E-state index contributed by atoms with van der Waals surface area (Å²) in [5.41, 5.74) is 0.874. The highest BCUT2D eigenvalue weighted by Crippen LogP contribution is 2.32. The van der Waals surface area contributed by atoms with Crippen molar-refractivity contribution in [3.8, 4) is 5.75 Å². The molecule has 132 valence electrons. The number of rotatable bonds is 5. The zero-order valence-electron chi connectivity index (χ0n) is 13.2. The number of hydrogen-bond donors (Lipinski definition) is 2. The van der Waals surface area contributed by atoms with Crippen LogP contribution in [0.5, 0.6) is 5.75 Å². The van der Waals surface area contributed by atoms with Gasteiger partial charge in [0.2, 0.25) is 0 Å². The van der Waals surface area contributed by atoms with E-state index in [2.05, 4.69) is 10.6 Å². The number of hydrogen-bond acceptors (Lipinski definition) is 3. The molecule has 25 heavy (non-hydrogen) atoms. The molecule has 2 aromatic rings. The maximum Gasteiger partial charge on any atom is 0.257 e. The van der Waals surface area contributed by atoms with Gasteiger partial charge in [-0.05, 0) is 49.0 Å². The monoisotopic (exact) mass is 416 g/mol. The van der Waals surface area contributed by atoms with E-state index in [1.54, 1.807) is 24.3 Å². The summed E-state index contributed by atoms with van der Waals surface area (Å²) in [4.78, 5) is 12.3. The summed E-state index contributed by atoms with van der Waals surface area (Å²) in [7, 11) is 0. The number of anilines is 1. The minimum atomic E-state index is -0.365. The molecular weight excluding hydrogens is 403 g/mol. The van der Waals surface area contributed by atoms with Crippen LogP contribution in [0.15, 0.2) is 36.4 Å². The van der Waals surface area contributed by atoms with Crippen LogP contribution in [0.3, 0.4) is 0 Å². The highest BCUT2D eigenvalue weighted by molar-refractivity contribution is 7.80. The molecule has 0 aliphatic rings. The third-order valence-corrected chi connectivity index (χ3v) is 4.29. The third kappa shape index (κ3) is 5.75. The molecule has 4 nitrogen and oxygen atoms in total. The van der Waals surface area contributed by atoms with E-state index in [-0.39, 0.29) is 11.0 Å². The third-order valence-electron chi connectivity index (χ3n) is 3.05. The van der Waals surface area contributed by atoms with Crippen LogP contribution in [-0.2, 0) is 0 Å². The van der Waals surface area contributed by atoms with E-state index in [0.29, 0.717) is 38.7 Å². The van der Waals surface area contributed by atoms with Crippen molar-refractivity contribution in [2.45, 2.75) is 13.3 Å². The Hall–Kier alpha value is -1.53. The van der Waals surface area contributed by atoms with Crippen molar-refractivity contribution in [3.05, 3.63) is 57.0 Å². The molecule has 0 aliphatic heterocycles. The molecule has 0 aliphatic carbocycles. The molecule has 0 atom stereocenters. The molecule has 0 aromatic heterocycles. The lowest BCUT2D eigenvalue weighted by molar-refractivity contribution is 0.0977. The zero-order chi connectivity index (χ0) is 18.4. The SMILES string of the molecule is CCCOc1cccc(C(=O)NC(=S)Nc2cc(Cl)c(Cl)cc2Cl)c1. The van der Waals surface area contributed by atoms with Gasteiger partial charge in [-0.3, -0.25) is 10.1 Å². The Kier molecular flexibility index (Phi) is 7.32. The number of benzene rings is 2. The predicted molar refractivity (Wildman–Crippen MR) is 107 cm³/mol. The molecule has 2 aromatic carbocycles. The summed E-state index contributed by atoms with van der Waals surface area (Å²) < 4.78 is 5.51. The van der Waals surface area contributed by atoms with Gasteiger partial charge in [-0.15, -0.1) is 0 Å². The highest BCUT2D eigenvalue weighted by Gasteiger charge is 2.11. The normalized spacial score (nSPS) is 10.2. The van der Waals surface area contributed by atoms with Crippen molar-refractivity contribution in [1.82, 2.24) is 5.32 Å². The number of carbonyl (C=O) groups excluding carboxylic acids is 1. The Labute approximate surface area is 166 Å². The van der Waals surface area contributed by atoms with Crippen molar-refractivity contribution in [2.75, 3.05) is 11.9 Å². The number of nitrogens with one attached hydrogen (secondary N) is 2. The van der Waals surface area contributed by atoms with Crippen LogP contribution >= 0.6 is 47.0 Å². The fourth-order valence-corrected chi connectivity index (χ4v) is 2.69. The standard InChI is InChI=1S/C17H15Cl3N2O2S/c1-2-6-24-11-5-3-4-10(7-11)16(23)22-17(25)21-15-9-13(19)12(18)8-14(15)20/h3-5,7-9H,2,6H2,1H3,(H2,21,22,23,25). The van der Waals surface area contributed by atoms with E-state index < -0.39 is 0 Å². The largest absolute Gasteiger partial charge is 0.494 e. The van der Waals surface area contributed by atoms with Gasteiger partial charge in [0.1, 0.15) is 5.75 Å². The molecule has 0 fully saturated rings. The minimum Gasteiger partial charge on any atom is -0.494 e. The fourth-order valence-electron chi connectivity index (χ4n) is 1.89. The first kappa shape index (κ1) is 19.8. The topological polar surface area (TPSA) is 50.4 Å². The first-order chi connectivity index (χ1) is 11.9. The second-order valence-electron chi connectivity index (χ2n) is 5.03. The number of ether oxygens (including phenoxy) is 1. The maximum atomic E-state index is 12.3.